The van der Waals surface area contributed by atoms with Crippen LogP contribution >= 0.6 is 22.9 Å². The molecule has 0 unspecified atom stereocenters. The zero-order valence-electron chi connectivity index (χ0n) is 19.3. The van der Waals surface area contributed by atoms with E-state index in [-0.39, 0.29) is 17.9 Å². The van der Waals surface area contributed by atoms with E-state index >= 15 is 0 Å². The smallest absolute Gasteiger partial charge is 0.286 e. The standard InChI is InChI=1S/C25H28ClN5O2S/c1-17-6-3-9-21(14-17)31-13-12-30(16-18(31)2)23(32)11-5-10-22-28-29-25(34-22)24(33)27-20-8-4-7-19(26)15-20/h3-4,6-9,14-15,18H,5,10-13,16H2,1-2H3,(H,27,33)/t18-/m1/s1. The first-order valence-corrected chi connectivity index (χ1v) is 12.6. The summed E-state index contributed by atoms with van der Waals surface area (Å²) in [6.45, 7) is 6.54. The number of aryl methyl sites for hydroxylation is 2. The molecule has 34 heavy (non-hydrogen) atoms. The van der Waals surface area contributed by atoms with Gasteiger partial charge in [0.15, 0.2) is 0 Å². The summed E-state index contributed by atoms with van der Waals surface area (Å²) >= 11 is 7.21. The van der Waals surface area contributed by atoms with Gasteiger partial charge in [-0.1, -0.05) is 41.1 Å². The van der Waals surface area contributed by atoms with Gasteiger partial charge in [-0.15, -0.1) is 10.2 Å². The number of carbonyl (C=O) groups excluding carboxylic acids is 2. The first-order chi connectivity index (χ1) is 16.4. The van der Waals surface area contributed by atoms with Gasteiger partial charge in [0.2, 0.25) is 10.9 Å². The van der Waals surface area contributed by atoms with Crippen molar-refractivity contribution in [3.05, 3.63) is 69.1 Å². The number of nitrogens with zero attached hydrogens (tertiary/aromatic N) is 4. The third kappa shape index (κ3) is 6.12. The highest BCUT2D eigenvalue weighted by atomic mass is 35.5. The van der Waals surface area contributed by atoms with E-state index in [9.17, 15) is 9.59 Å². The Morgan fingerprint density at radius 1 is 1.15 bits per heavy atom. The van der Waals surface area contributed by atoms with Crippen molar-refractivity contribution < 1.29 is 9.59 Å². The molecular weight excluding hydrogens is 470 g/mol. The monoisotopic (exact) mass is 497 g/mol. The molecule has 2 amide bonds. The number of amides is 2. The fourth-order valence-corrected chi connectivity index (χ4v) is 5.09. The number of nitrogens with one attached hydrogen (secondary N) is 1. The minimum Gasteiger partial charge on any atom is -0.365 e. The van der Waals surface area contributed by atoms with E-state index in [1.807, 2.05) is 4.90 Å². The predicted octanol–water partition coefficient (Wildman–Crippen LogP) is 4.81. The molecule has 2 aromatic carbocycles. The summed E-state index contributed by atoms with van der Waals surface area (Å²) < 4.78 is 0. The van der Waals surface area contributed by atoms with Crippen LogP contribution < -0.4 is 10.2 Å². The second-order valence-corrected chi connectivity index (χ2v) is 10.0. The summed E-state index contributed by atoms with van der Waals surface area (Å²) in [5, 5.41) is 12.5. The highest BCUT2D eigenvalue weighted by Gasteiger charge is 2.26. The number of anilines is 2. The van der Waals surface area contributed by atoms with Crippen LogP contribution in [0, 0.1) is 6.92 Å². The number of hydrogen-bond acceptors (Lipinski definition) is 6. The van der Waals surface area contributed by atoms with Crippen LogP contribution in [0.4, 0.5) is 11.4 Å². The molecule has 2 heterocycles. The molecule has 1 aromatic heterocycles. The van der Waals surface area contributed by atoms with Crippen molar-refractivity contribution in [3.63, 3.8) is 0 Å². The van der Waals surface area contributed by atoms with Crippen LogP contribution in [0.15, 0.2) is 48.5 Å². The van der Waals surface area contributed by atoms with E-state index in [4.69, 9.17) is 11.6 Å². The normalized spacial score (nSPS) is 15.9. The topological polar surface area (TPSA) is 78.4 Å². The Kier molecular flexibility index (Phi) is 7.80. The number of piperazine rings is 1. The first-order valence-electron chi connectivity index (χ1n) is 11.4. The van der Waals surface area contributed by atoms with E-state index in [1.165, 1.54) is 22.6 Å². The Bertz CT molecular complexity index is 1170. The van der Waals surface area contributed by atoms with Crippen molar-refractivity contribution in [3.8, 4) is 0 Å². The number of carbonyl (C=O) groups is 2. The van der Waals surface area contributed by atoms with Crippen LogP contribution in [-0.4, -0.2) is 52.6 Å². The van der Waals surface area contributed by atoms with Gasteiger partial charge < -0.3 is 15.1 Å². The minimum atomic E-state index is -0.317. The van der Waals surface area contributed by atoms with Crippen LogP contribution in [-0.2, 0) is 11.2 Å². The van der Waals surface area contributed by atoms with Gasteiger partial charge in [0.25, 0.3) is 5.91 Å². The zero-order valence-corrected chi connectivity index (χ0v) is 20.9. The molecule has 0 aliphatic carbocycles. The van der Waals surface area contributed by atoms with Crippen molar-refractivity contribution >= 4 is 46.1 Å². The highest BCUT2D eigenvalue weighted by molar-refractivity contribution is 7.13. The van der Waals surface area contributed by atoms with E-state index in [2.05, 4.69) is 58.5 Å². The SMILES string of the molecule is Cc1cccc(N2CCN(C(=O)CCCc3nnc(C(=O)Nc4cccc(Cl)c4)s3)C[C@H]2C)c1. The average molecular weight is 498 g/mol. The lowest BCUT2D eigenvalue weighted by molar-refractivity contribution is -0.132. The summed E-state index contributed by atoms with van der Waals surface area (Å²) in [7, 11) is 0. The lowest BCUT2D eigenvalue weighted by atomic mass is 10.1. The Labute approximate surface area is 208 Å². The van der Waals surface area contributed by atoms with Gasteiger partial charge in [0.1, 0.15) is 5.01 Å². The maximum Gasteiger partial charge on any atom is 0.286 e. The van der Waals surface area contributed by atoms with Crippen LogP contribution in [0.2, 0.25) is 5.02 Å². The largest absolute Gasteiger partial charge is 0.365 e. The number of aromatic nitrogens is 2. The van der Waals surface area contributed by atoms with Gasteiger partial charge in [0, 0.05) is 54.9 Å². The molecule has 0 saturated carbocycles. The molecule has 1 aliphatic heterocycles. The molecule has 0 radical (unpaired) electrons. The van der Waals surface area contributed by atoms with Gasteiger partial charge in [-0.3, -0.25) is 9.59 Å². The van der Waals surface area contributed by atoms with Crippen molar-refractivity contribution in [2.45, 2.75) is 39.2 Å². The molecule has 1 aliphatic rings. The lowest BCUT2D eigenvalue weighted by Gasteiger charge is -2.41. The zero-order chi connectivity index (χ0) is 24.1. The molecule has 0 bridgehead atoms. The van der Waals surface area contributed by atoms with E-state index in [0.29, 0.717) is 35.0 Å². The van der Waals surface area contributed by atoms with Crippen LogP contribution in [0.5, 0.6) is 0 Å². The molecule has 1 atom stereocenters. The fraction of sp³-hybridized carbons (Fsp3) is 0.360. The van der Waals surface area contributed by atoms with E-state index in [0.717, 1.165) is 24.6 Å². The van der Waals surface area contributed by atoms with Crippen molar-refractivity contribution in [2.24, 2.45) is 0 Å². The summed E-state index contributed by atoms with van der Waals surface area (Å²) in [5.74, 6) is -0.151. The Balaban J connectivity index is 1.23. The summed E-state index contributed by atoms with van der Waals surface area (Å²) in [5.41, 5.74) is 3.06. The number of hydrogen-bond donors (Lipinski definition) is 1. The Morgan fingerprint density at radius 3 is 2.74 bits per heavy atom. The third-order valence-corrected chi connectivity index (χ3v) is 7.06. The average Bonchev–Trinajstić information content (AvgIpc) is 3.28. The van der Waals surface area contributed by atoms with Crippen molar-refractivity contribution in [1.29, 1.82) is 0 Å². The molecule has 1 fully saturated rings. The van der Waals surface area contributed by atoms with Gasteiger partial charge in [-0.2, -0.15) is 0 Å². The molecule has 9 heteroatoms. The second kappa shape index (κ2) is 11.0. The predicted molar refractivity (Wildman–Crippen MR) is 137 cm³/mol. The van der Waals surface area contributed by atoms with Crippen LogP contribution in [0.1, 0.15) is 40.1 Å². The molecule has 0 spiro atoms. The van der Waals surface area contributed by atoms with Crippen molar-refractivity contribution in [2.75, 3.05) is 29.9 Å². The molecule has 1 saturated heterocycles. The lowest BCUT2D eigenvalue weighted by Crippen LogP contribution is -2.53. The maximum atomic E-state index is 12.8. The van der Waals surface area contributed by atoms with Crippen molar-refractivity contribution in [1.82, 2.24) is 15.1 Å². The molecule has 3 aromatic rings. The minimum absolute atomic E-state index is 0.166. The molecule has 178 valence electrons. The highest BCUT2D eigenvalue weighted by Crippen LogP contribution is 2.23. The van der Waals surface area contributed by atoms with Crippen LogP contribution in [0.25, 0.3) is 0 Å². The Morgan fingerprint density at radius 2 is 1.97 bits per heavy atom. The van der Waals surface area contributed by atoms with Gasteiger partial charge in [-0.05, 0) is 56.2 Å². The molecule has 7 nitrogen and oxygen atoms in total. The van der Waals surface area contributed by atoms with E-state index in [1.54, 1.807) is 24.3 Å². The first kappa shape index (κ1) is 24.2. The summed E-state index contributed by atoms with van der Waals surface area (Å²) in [6, 6.07) is 15.7. The summed E-state index contributed by atoms with van der Waals surface area (Å²) in [4.78, 5) is 29.5. The maximum absolute atomic E-state index is 12.8. The Hall–Kier alpha value is -2.97. The van der Waals surface area contributed by atoms with Gasteiger partial charge >= 0.3 is 0 Å². The number of halogens is 1. The van der Waals surface area contributed by atoms with Crippen LogP contribution in [0.3, 0.4) is 0 Å². The quantitative estimate of drug-likeness (QED) is 0.506. The second-order valence-electron chi connectivity index (χ2n) is 8.54. The number of rotatable bonds is 7. The fourth-order valence-electron chi connectivity index (χ4n) is 4.12. The molecular formula is C25H28ClN5O2S. The third-order valence-electron chi connectivity index (χ3n) is 5.84. The van der Waals surface area contributed by atoms with Gasteiger partial charge in [0.05, 0.1) is 0 Å². The summed E-state index contributed by atoms with van der Waals surface area (Å²) in [6.07, 6.45) is 1.75. The van der Waals surface area contributed by atoms with Gasteiger partial charge in [-0.25, -0.2) is 0 Å². The van der Waals surface area contributed by atoms with E-state index < -0.39 is 0 Å². The molecule has 1 N–H and O–H groups in total. The molecule has 4 rings (SSSR count). The number of benzene rings is 2.